The fourth-order valence-electron chi connectivity index (χ4n) is 2.02. The summed E-state index contributed by atoms with van der Waals surface area (Å²) in [4.78, 5) is 24.3. The number of aliphatic hydroxyl groups is 1. The van der Waals surface area contributed by atoms with E-state index in [4.69, 9.17) is 5.11 Å². The van der Waals surface area contributed by atoms with Crippen LogP contribution in [0.3, 0.4) is 0 Å². The molecule has 1 aliphatic rings. The standard InChI is InChI=1S/C12H13NO4/c14-9-6-10(12(16)17)13(7-9)11(15)8-4-2-1-3-5-8/h1-5,9-10,14H,6-7H2,(H,16,17)/t9-,10+/m0/s1. The average molecular weight is 235 g/mol. The number of carboxylic acids is 1. The number of aliphatic hydroxyl groups excluding tert-OH is 1. The minimum absolute atomic E-state index is 0.0741. The third kappa shape index (κ3) is 2.29. The highest BCUT2D eigenvalue weighted by molar-refractivity contribution is 5.97. The van der Waals surface area contributed by atoms with Gasteiger partial charge in [0.2, 0.25) is 0 Å². The Morgan fingerprint density at radius 1 is 1.24 bits per heavy atom. The van der Waals surface area contributed by atoms with Gasteiger partial charge >= 0.3 is 5.97 Å². The highest BCUT2D eigenvalue weighted by atomic mass is 16.4. The van der Waals surface area contributed by atoms with E-state index in [1.165, 1.54) is 4.90 Å². The van der Waals surface area contributed by atoms with Gasteiger partial charge in [0.15, 0.2) is 0 Å². The molecule has 0 saturated carbocycles. The minimum atomic E-state index is -1.08. The zero-order valence-electron chi connectivity index (χ0n) is 9.11. The first-order chi connectivity index (χ1) is 8.09. The molecule has 0 spiro atoms. The molecule has 1 heterocycles. The topological polar surface area (TPSA) is 77.8 Å². The molecule has 1 aromatic rings. The van der Waals surface area contributed by atoms with Gasteiger partial charge < -0.3 is 15.1 Å². The number of carbonyl (C=O) groups excluding carboxylic acids is 1. The van der Waals surface area contributed by atoms with Crippen molar-refractivity contribution < 1.29 is 19.8 Å². The maximum absolute atomic E-state index is 12.1. The van der Waals surface area contributed by atoms with Gasteiger partial charge in [-0.2, -0.15) is 0 Å². The number of amides is 1. The minimum Gasteiger partial charge on any atom is -0.480 e. The lowest BCUT2D eigenvalue weighted by Crippen LogP contribution is -2.40. The second-order valence-electron chi connectivity index (χ2n) is 4.07. The van der Waals surface area contributed by atoms with E-state index in [9.17, 15) is 14.7 Å². The highest BCUT2D eigenvalue weighted by Crippen LogP contribution is 2.20. The van der Waals surface area contributed by atoms with E-state index in [0.29, 0.717) is 5.56 Å². The van der Waals surface area contributed by atoms with Gasteiger partial charge in [-0.3, -0.25) is 4.79 Å². The Kier molecular flexibility index (Phi) is 3.10. The fraction of sp³-hybridized carbons (Fsp3) is 0.333. The SMILES string of the molecule is O=C(O)[C@H]1C[C@H](O)CN1C(=O)c1ccccc1. The number of nitrogens with zero attached hydrogens (tertiary/aromatic N) is 1. The zero-order valence-corrected chi connectivity index (χ0v) is 9.11. The summed E-state index contributed by atoms with van der Waals surface area (Å²) in [6.45, 7) is 0.0741. The second-order valence-corrected chi connectivity index (χ2v) is 4.07. The molecule has 1 aliphatic heterocycles. The molecule has 0 aromatic heterocycles. The lowest BCUT2D eigenvalue weighted by Gasteiger charge is -2.21. The Morgan fingerprint density at radius 3 is 2.47 bits per heavy atom. The molecule has 5 nitrogen and oxygen atoms in total. The lowest BCUT2D eigenvalue weighted by molar-refractivity contribution is -0.141. The summed E-state index contributed by atoms with van der Waals surface area (Å²) >= 11 is 0. The van der Waals surface area contributed by atoms with Gasteiger partial charge in [0.25, 0.3) is 5.91 Å². The van der Waals surface area contributed by atoms with Crippen LogP contribution in [-0.4, -0.2) is 45.7 Å². The van der Waals surface area contributed by atoms with Crippen molar-refractivity contribution in [2.45, 2.75) is 18.6 Å². The summed E-state index contributed by atoms with van der Waals surface area (Å²) in [5, 5.41) is 18.4. The summed E-state index contributed by atoms with van der Waals surface area (Å²) in [5.74, 6) is -1.43. The van der Waals surface area contributed by atoms with Crippen LogP contribution in [0, 0.1) is 0 Å². The van der Waals surface area contributed by atoms with E-state index in [0.717, 1.165) is 0 Å². The van der Waals surface area contributed by atoms with E-state index >= 15 is 0 Å². The molecule has 90 valence electrons. The second kappa shape index (κ2) is 4.55. The number of aliphatic carboxylic acids is 1. The highest BCUT2D eigenvalue weighted by Gasteiger charge is 2.39. The number of β-amino-alcohol motifs (C(OH)–C–C–N with tert-alkyl or cyclic N) is 1. The Bertz CT molecular complexity index is 431. The Balaban J connectivity index is 2.22. The van der Waals surface area contributed by atoms with Crippen LogP contribution in [0.1, 0.15) is 16.8 Å². The number of hydrogen-bond acceptors (Lipinski definition) is 3. The number of carboxylic acid groups (broad SMARTS) is 1. The molecule has 1 aromatic carbocycles. The Labute approximate surface area is 98.3 Å². The van der Waals surface area contributed by atoms with Crippen LogP contribution in [0.5, 0.6) is 0 Å². The average Bonchev–Trinajstić information content (AvgIpc) is 2.72. The zero-order chi connectivity index (χ0) is 12.4. The van der Waals surface area contributed by atoms with E-state index < -0.39 is 18.1 Å². The normalized spacial score (nSPS) is 23.7. The first-order valence-electron chi connectivity index (χ1n) is 5.36. The van der Waals surface area contributed by atoms with Gasteiger partial charge in [-0.15, -0.1) is 0 Å². The summed E-state index contributed by atoms with van der Waals surface area (Å²) in [6.07, 6.45) is -0.669. The summed E-state index contributed by atoms with van der Waals surface area (Å²) in [6, 6.07) is 7.55. The quantitative estimate of drug-likeness (QED) is 0.775. The maximum Gasteiger partial charge on any atom is 0.326 e. The van der Waals surface area contributed by atoms with Crippen molar-refractivity contribution >= 4 is 11.9 Å². The third-order valence-corrected chi connectivity index (χ3v) is 2.85. The van der Waals surface area contributed by atoms with Gasteiger partial charge in [-0.1, -0.05) is 18.2 Å². The molecule has 0 radical (unpaired) electrons. The molecule has 0 bridgehead atoms. The first-order valence-corrected chi connectivity index (χ1v) is 5.36. The summed E-state index contributed by atoms with van der Waals surface area (Å²) < 4.78 is 0. The molecule has 2 atom stereocenters. The Hall–Kier alpha value is -1.88. The molecule has 1 amide bonds. The number of benzene rings is 1. The predicted molar refractivity (Wildman–Crippen MR) is 59.5 cm³/mol. The van der Waals surface area contributed by atoms with E-state index in [1.807, 2.05) is 0 Å². The molecule has 1 fully saturated rings. The van der Waals surface area contributed by atoms with E-state index in [-0.39, 0.29) is 18.9 Å². The van der Waals surface area contributed by atoms with Crippen LogP contribution < -0.4 is 0 Å². The third-order valence-electron chi connectivity index (χ3n) is 2.85. The van der Waals surface area contributed by atoms with Crippen LogP contribution in [-0.2, 0) is 4.79 Å². The van der Waals surface area contributed by atoms with E-state index in [1.54, 1.807) is 30.3 Å². The van der Waals surface area contributed by atoms with Crippen molar-refractivity contribution in [1.82, 2.24) is 4.90 Å². The van der Waals surface area contributed by atoms with Crippen molar-refractivity contribution in [3.63, 3.8) is 0 Å². The lowest BCUT2D eigenvalue weighted by atomic mass is 10.1. The van der Waals surface area contributed by atoms with Gasteiger partial charge in [0.1, 0.15) is 6.04 Å². The van der Waals surface area contributed by atoms with Gasteiger partial charge in [-0.05, 0) is 12.1 Å². The molecular weight excluding hydrogens is 222 g/mol. The van der Waals surface area contributed by atoms with Gasteiger partial charge in [0, 0.05) is 18.5 Å². The van der Waals surface area contributed by atoms with Crippen molar-refractivity contribution in [1.29, 1.82) is 0 Å². The summed E-state index contributed by atoms with van der Waals surface area (Å²) in [5.41, 5.74) is 0.438. The molecule has 5 heteroatoms. The summed E-state index contributed by atoms with van der Waals surface area (Å²) in [7, 11) is 0. The molecular formula is C12H13NO4. The number of rotatable bonds is 2. The molecule has 0 unspecified atom stereocenters. The Morgan fingerprint density at radius 2 is 1.88 bits per heavy atom. The molecule has 1 saturated heterocycles. The van der Waals surface area contributed by atoms with Crippen molar-refractivity contribution in [2.75, 3.05) is 6.54 Å². The van der Waals surface area contributed by atoms with Crippen molar-refractivity contribution in [3.8, 4) is 0 Å². The van der Waals surface area contributed by atoms with Gasteiger partial charge in [0.05, 0.1) is 6.10 Å². The maximum atomic E-state index is 12.1. The largest absolute Gasteiger partial charge is 0.480 e. The monoisotopic (exact) mass is 235 g/mol. The fourth-order valence-corrected chi connectivity index (χ4v) is 2.02. The molecule has 2 N–H and O–H groups in total. The smallest absolute Gasteiger partial charge is 0.326 e. The number of hydrogen-bond donors (Lipinski definition) is 2. The molecule has 2 rings (SSSR count). The molecule has 0 aliphatic carbocycles. The van der Waals surface area contributed by atoms with Crippen molar-refractivity contribution in [2.24, 2.45) is 0 Å². The van der Waals surface area contributed by atoms with Crippen LogP contribution in [0.25, 0.3) is 0 Å². The van der Waals surface area contributed by atoms with Crippen LogP contribution in [0.2, 0.25) is 0 Å². The van der Waals surface area contributed by atoms with Crippen LogP contribution in [0.4, 0.5) is 0 Å². The van der Waals surface area contributed by atoms with Crippen molar-refractivity contribution in [3.05, 3.63) is 35.9 Å². The number of likely N-dealkylation sites (tertiary alicyclic amines) is 1. The molecule has 17 heavy (non-hydrogen) atoms. The predicted octanol–water partition coefficient (Wildman–Crippen LogP) is 0.347. The van der Waals surface area contributed by atoms with Crippen LogP contribution >= 0.6 is 0 Å². The first kappa shape index (κ1) is 11.6. The van der Waals surface area contributed by atoms with Gasteiger partial charge in [-0.25, -0.2) is 4.79 Å². The van der Waals surface area contributed by atoms with Crippen LogP contribution in [0.15, 0.2) is 30.3 Å². The van der Waals surface area contributed by atoms with E-state index in [2.05, 4.69) is 0 Å². The number of carbonyl (C=O) groups is 2.